The van der Waals surface area contributed by atoms with Gasteiger partial charge in [0.2, 0.25) is 0 Å². The van der Waals surface area contributed by atoms with Crippen LogP contribution in [0.3, 0.4) is 0 Å². The van der Waals surface area contributed by atoms with Crippen LogP contribution in [0.15, 0.2) is 18.3 Å². The van der Waals surface area contributed by atoms with Crippen LogP contribution in [0.1, 0.15) is 36.9 Å². The summed E-state index contributed by atoms with van der Waals surface area (Å²) in [7, 11) is 5.98. The zero-order valence-corrected chi connectivity index (χ0v) is 11.1. The summed E-state index contributed by atoms with van der Waals surface area (Å²) >= 11 is 0. The highest BCUT2D eigenvalue weighted by atomic mass is 16.5. The number of ether oxygens (including phenoxy) is 1. The van der Waals surface area contributed by atoms with Gasteiger partial charge in [-0.3, -0.25) is 4.98 Å². The van der Waals surface area contributed by atoms with E-state index < -0.39 is 0 Å². The van der Waals surface area contributed by atoms with E-state index >= 15 is 0 Å². The summed E-state index contributed by atoms with van der Waals surface area (Å²) in [5.41, 5.74) is 2.36. The molecule has 0 radical (unpaired) electrons. The Labute approximate surface area is 104 Å². The van der Waals surface area contributed by atoms with Gasteiger partial charge in [0.15, 0.2) is 0 Å². The number of aromatic nitrogens is 1. The molecule has 0 saturated heterocycles. The van der Waals surface area contributed by atoms with Crippen LogP contribution in [-0.2, 0) is 16.9 Å². The van der Waals surface area contributed by atoms with Gasteiger partial charge in [0.1, 0.15) is 0 Å². The highest BCUT2D eigenvalue weighted by Gasteiger charge is 2.37. The fourth-order valence-electron chi connectivity index (χ4n) is 2.81. The van der Waals surface area contributed by atoms with Crippen molar-refractivity contribution in [2.24, 2.45) is 0 Å². The lowest BCUT2D eigenvalue weighted by Gasteiger charge is -2.30. The van der Waals surface area contributed by atoms with E-state index in [1.54, 1.807) is 0 Å². The Morgan fingerprint density at radius 2 is 2.06 bits per heavy atom. The molecule has 1 aliphatic carbocycles. The van der Waals surface area contributed by atoms with Crippen LogP contribution in [0.4, 0.5) is 0 Å². The fourth-order valence-corrected chi connectivity index (χ4v) is 2.81. The molecule has 1 heterocycles. The molecular weight excluding hydrogens is 212 g/mol. The van der Waals surface area contributed by atoms with Crippen molar-refractivity contribution in [3.8, 4) is 0 Å². The van der Waals surface area contributed by atoms with Crippen molar-refractivity contribution in [3.05, 3.63) is 29.6 Å². The minimum atomic E-state index is -0.0837. The molecule has 0 aromatic carbocycles. The lowest BCUT2D eigenvalue weighted by atomic mass is 9.90. The number of hydrogen-bond acceptors (Lipinski definition) is 3. The summed E-state index contributed by atoms with van der Waals surface area (Å²) in [6, 6.07) is 4.20. The third kappa shape index (κ3) is 2.50. The Bertz CT molecular complexity index is 370. The van der Waals surface area contributed by atoms with Gasteiger partial charge in [-0.25, -0.2) is 0 Å². The second-order valence-corrected chi connectivity index (χ2v) is 5.14. The van der Waals surface area contributed by atoms with Crippen molar-refractivity contribution in [1.82, 2.24) is 9.88 Å². The average Bonchev–Trinajstić information content (AvgIpc) is 2.79. The van der Waals surface area contributed by atoms with E-state index in [-0.39, 0.29) is 5.60 Å². The Morgan fingerprint density at radius 3 is 2.65 bits per heavy atom. The first kappa shape index (κ1) is 12.5. The van der Waals surface area contributed by atoms with Crippen LogP contribution in [0.2, 0.25) is 0 Å². The lowest BCUT2D eigenvalue weighted by molar-refractivity contribution is -0.0101. The fraction of sp³-hybridized carbons (Fsp3) is 0.643. The van der Waals surface area contributed by atoms with E-state index in [1.165, 1.54) is 18.4 Å². The monoisotopic (exact) mass is 234 g/mol. The Kier molecular flexibility index (Phi) is 3.79. The number of pyridine rings is 1. The van der Waals surface area contributed by atoms with Crippen LogP contribution < -0.4 is 0 Å². The maximum atomic E-state index is 5.85. The Balaban J connectivity index is 2.36. The van der Waals surface area contributed by atoms with E-state index in [1.807, 2.05) is 19.4 Å². The zero-order valence-electron chi connectivity index (χ0n) is 11.1. The summed E-state index contributed by atoms with van der Waals surface area (Å²) < 4.78 is 5.85. The second kappa shape index (κ2) is 5.15. The molecule has 94 valence electrons. The molecular formula is C14H22N2O. The average molecular weight is 234 g/mol. The van der Waals surface area contributed by atoms with Crippen LogP contribution >= 0.6 is 0 Å². The van der Waals surface area contributed by atoms with Gasteiger partial charge in [0.25, 0.3) is 0 Å². The minimum absolute atomic E-state index is 0.0837. The van der Waals surface area contributed by atoms with Crippen molar-refractivity contribution in [3.63, 3.8) is 0 Å². The highest BCUT2D eigenvalue weighted by molar-refractivity contribution is 5.28. The first-order valence-corrected chi connectivity index (χ1v) is 6.32. The molecule has 3 nitrogen and oxygen atoms in total. The summed E-state index contributed by atoms with van der Waals surface area (Å²) in [4.78, 5) is 6.69. The molecule has 1 fully saturated rings. The molecule has 17 heavy (non-hydrogen) atoms. The molecule has 0 N–H and O–H groups in total. The van der Waals surface area contributed by atoms with E-state index in [2.05, 4.69) is 30.0 Å². The molecule has 0 aliphatic heterocycles. The molecule has 0 atom stereocenters. The molecule has 0 bridgehead atoms. The largest absolute Gasteiger partial charge is 0.373 e. The molecule has 0 unspecified atom stereocenters. The Hall–Kier alpha value is -0.930. The smallest absolute Gasteiger partial charge is 0.0945 e. The van der Waals surface area contributed by atoms with Gasteiger partial charge in [-0.15, -0.1) is 0 Å². The molecule has 1 saturated carbocycles. The van der Waals surface area contributed by atoms with Crippen molar-refractivity contribution in [2.75, 3.05) is 21.2 Å². The van der Waals surface area contributed by atoms with Gasteiger partial charge < -0.3 is 9.64 Å². The molecule has 0 amide bonds. The predicted molar refractivity (Wildman–Crippen MR) is 68.8 cm³/mol. The van der Waals surface area contributed by atoms with Gasteiger partial charge in [-0.05, 0) is 33.0 Å². The maximum Gasteiger partial charge on any atom is 0.0945 e. The number of methoxy groups -OCH3 is 1. The zero-order chi connectivity index (χ0) is 12.3. The number of nitrogens with zero attached hydrogens (tertiary/aromatic N) is 2. The number of hydrogen-bond donors (Lipinski definition) is 0. The lowest BCUT2D eigenvalue weighted by Crippen LogP contribution is -2.28. The van der Waals surface area contributed by atoms with Crippen LogP contribution in [0, 0.1) is 0 Å². The van der Waals surface area contributed by atoms with E-state index in [0.717, 1.165) is 25.1 Å². The molecule has 1 aliphatic rings. The summed E-state index contributed by atoms with van der Waals surface area (Å²) in [6.07, 6.45) is 6.63. The summed E-state index contributed by atoms with van der Waals surface area (Å²) in [6.45, 7) is 0.876. The van der Waals surface area contributed by atoms with Crippen molar-refractivity contribution in [2.45, 2.75) is 37.8 Å². The van der Waals surface area contributed by atoms with Crippen LogP contribution in [0.25, 0.3) is 0 Å². The van der Waals surface area contributed by atoms with Crippen LogP contribution in [0.5, 0.6) is 0 Å². The standard InChI is InChI=1S/C14H22N2O/c1-16(2)11-13-12(7-6-10-15-13)14(17-3)8-4-5-9-14/h6-7,10H,4-5,8-9,11H2,1-3H3. The van der Waals surface area contributed by atoms with Gasteiger partial charge in [-0.1, -0.05) is 18.9 Å². The third-order valence-corrected chi connectivity index (χ3v) is 3.65. The van der Waals surface area contributed by atoms with Crippen molar-refractivity contribution >= 4 is 0 Å². The third-order valence-electron chi connectivity index (χ3n) is 3.65. The first-order valence-electron chi connectivity index (χ1n) is 6.32. The van der Waals surface area contributed by atoms with E-state index in [9.17, 15) is 0 Å². The molecule has 1 aromatic heterocycles. The van der Waals surface area contributed by atoms with Gasteiger partial charge in [-0.2, -0.15) is 0 Å². The number of rotatable bonds is 4. The maximum absolute atomic E-state index is 5.85. The Morgan fingerprint density at radius 1 is 1.35 bits per heavy atom. The molecule has 2 rings (SSSR count). The first-order chi connectivity index (χ1) is 8.18. The normalized spacial score (nSPS) is 18.8. The van der Waals surface area contributed by atoms with E-state index in [4.69, 9.17) is 4.74 Å². The molecule has 0 spiro atoms. The topological polar surface area (TPSA) is 25.4 Å². The highest BCUT2D eigenvalue weighted by Crippen LogP contribution is 2.42. The summed E-state index contributed by atoms with van der Waals surface area (Å²) in [5, 5.41) is 0. The predicted octanol–water partition coefficient (Wildman–Crippen LogP) is 2.56. The van der Waals surface area contributed by atoms with Gasteiger partial charge in [0.05, 0.1) is 11.3 Å². The van der Waals surface area contributed by atoms with Crippen molar-refractivity contribution in [1.29, 1.82) is 0 Å². The van der Waals surface area contributed by atoms with E-state index in [0.29, 0.717) is 0 Å². The molecule has 1 aromatic rings. The summed E-state index contributed by atoms with van der Waals surface area (Å²) in [5.74, 6) is 0. The van der Waals surface area contributed by atoms with Gasteiger partial charge in [0, 0.05) is 25.4 Å². The van der Waals surface area contributed by atoms with Gasteiger partial charge >= 0.3 is 0 Å². The quantitative estimate of drug-likeness (QED) is 0.800. The second-order valence-electron chi connectivity index (χ2n) is 5.14. The van der Waals surface area contributed by atoms with Crippen molar-refractivity contribution < 1.29 is 4.74 Å². The van der Waals surface area contributed by atoms with Crippen LogP contribution in [-0.4, -0.2) is 31.1 Å². The SMILES string of the molecule is COC1(c2cccnc2CN(C)C)CCCC1. The minimum Gasteiger partial charge on any atom is -0.373 e. The molecule has 3 heteroatoms.